The molecule has 1 heterocycles. The molecule has 0 spiro atoms. The Morgan fingerprint density at radius 3 is 2.64 bits per heavy atom. The smallest absolute Gasteiger partial charge is 0.337 e. The van der Waals surface area contributed by atoms with Crippen LogP contribution in [0.2, 0.25) is 5.02 Å². The predicted octanol–water partition coefficient (Wildman–Crippen LogP) is 2.96. The molecule has 0 radical (unpaired) electrons. The molecule has 3 rings (SSSR count). The Labute approximate surface area is 131 Å². The van der Waals surface area contributed by atoms with E-state index in [1.807, 2.05) is 0 Å². The molecule has 1 aliphatic rings. The van der Waals surface area contributed by atoms with Crippen molar-refractivity contribution in [3.05, 3.63) is 58.6 Å². The molecule has 5 nitrogen and oxygen atoms in total. The molecule has 2 aromatic rings. The summed E-state index contributed by atoms with van der Waals surface area (Å²) in [6.45, 7) is 0.153. The van der Waals surface area contributed by atoms with E-state index in [1.54, 1.807) is 36.4 Å². The average molecular weight is 318 g/mol. The highest BCUT2D eigenvalue weighted by Gasteiger charge is 2.30. The molecule has 22 heavy (non-hydrogen) atoms. The number of rotatable bonds is 3. The standard InChI is InChI=1S/C16H12ClNO4/c17-11-6-4-10(5-7-11)8-18-14(19)9-22-13-3-1-2-12(15(13)18)16(20)21/h1-7H,8-9H2,(H,20,21). The number of fused-ring (bicyclic) bond motifs is 1. The molecule has 0 bridgehead atoms. The number of carboxylic acids is 1. The van der Waals surface area contributed by atoms with Crippen LogP contribution < -0.4 is 9.64 Å². The van der Waals surface area contributed by atoms with Gasteiger partial charge < -0.3 is 14.7 Å². The fourth-order valence-corrected chi connectivity index (χ4v) is 2.50. The van der Waals surface area contributed by atoms with Crippen molar-refractivity contribution in [1.29, 1.82) is 0 Å². The lowest BCUT2D eigenvalue weighted by Crippen LogP contribution is -2.39. The lowest BCUT2D eigenvalue weighted by atomic mass is 10.1. The van der Waals surface area contributed by atoms with Crippen LogP contribution in [0.3, 0.4) is 0 Å². The largest absolute Gasteiger partial charge is 0.482 e. The summed E-state index contributed by atoms with van der Waals surface area (Å²) in [6.07, 6.45) is 0. The van der Waals surface area contributed by atoms with Gasteiger partial charge in [-0.25, -0.2) is 4.79 Å². The Morgan fingerprint density at radius 2 is 1.95 bits per heavy atom. The quantitative estimate of drug-likeness (QED) is 0.945. The van der Waals surface area contributed by atoms with Crippen molar-refractivity contribution in [2.24, 2.45) is 0 Å². The molecule has 0 aromatic heterocycles. The Morgan fingerprint density at radius 1 is 1.23 bits per heavy atom. The van der Waals surface area contributed by atoms with Crippen molar-refractivity contribution < 1.29 is 19.4 Å². The third kappa shape index (κ3) is 2.63. The molecular weight excluding hydrogens is 306 g/mol. The van der Waals surface area contributed by atoms with E-state index >= 15 is 0 Å². The van der Waals surface area contributed by atoms with Crippen molar-refractivity contribution in [3.8, 4) is 5.75 Å². The van der Waals surface area contributed by atoms with Crippen molar-refractivity contribution in [1.82, 2.24) is 0 Å². The topological polar surface area (TPSA) is 66.8 Å². The second-order valence-corrected chi connectivity index (χ2v) is 5.29. The highest BCUT2D eigenvalue weighted by atomic mass is 35.5. The summed E-state index contributed by atoms with van der Waals surface area (Å²) < 4.78 is 5.34. The number of carbonyl (C=O) groups excluding carboxylic acids is 1. The van der Waals surface area contributed by atoms with Gasteiger partial charge in [0, 0.05) is 5.02 Å². The fourth-order valence-electron chi connectivity index (χ4n) is 2.37. The van der Waals surface area contributed by atoms with E-state index in [9.17, 15) is 14.7 Å². The van der Waals surface area contributed by atoms with E-state index in [0.717, 1.165) is 5.56 Å². The minimum absolute atomic E-state index is 0.0412. The fraction of sp³-hybridized carbons (Fsp3) is 0.125. The summed E-state index contributed by atoms with van der Waals surface area (Å²) >= 11 is 5.85. The number of benzene rings is 2. The molecule has 0 fully saturated rings. The van der Waals surface area contributed by atoms with Crippen molar-refractivity contribution >= 4 is 29.2 Å². The van der Waals surface area contributed by atoms with Crippen LogP contribution in [0.25, 0.3) is 0 Å². The molecule has 0 aliphatic carbocycles. The molecule has 112 valence electrons. The first kappa shape index (κ1) is 14.4. The van der Waals surface area contributed by atoms with Crippen LogP contribution in [-0.4, -0.2) is 23.6 Å². The number of nitrogens with zero attached hydrogens (tertiary/aromatic N) is 1. The Hall–Kier alpha value is -2.53. The predicted molar refractivity (Wildman–Crippen MR) is 81.5 cm³/mol. The second-order valence-electron chi connectivity index (χ2n) is 4.85. The van der Waals surface area contributed by atoms with Crippen molar-refractivity contribution in [3.63, 3.8) is 0 Å². The van der Waals surface area contributed by atoms with Gasteiger partial charge in [-0.3, -0.25) is 4.79 Å². The van der Waals surface area contributed by atoms with E-state index in [1.165, 1.54) is 11.0 Å². The number of carboxylic acid groups (broad SMARTS) is 1. The summed E-state index contributed by atoms with van der Waals surface area (Å²) in [4.78, 5) is 25.0. The van der Waals surface area contributed by atoms with Gasteiger partial charge in [0.1, 0.15) is 11.4 Å². The second kappa shape index (κ2) is 5.69. The van der Waals surface area contributed by atoms with E-state index in [0.29, 0.717) is 16.5 Å². The van der Waals surface area contributed by atoms with E-state index in [4.69, 9.17) is 16.3 Å². The van der Waals surface area contributed by atoms with Crippen LogP contribution in [0.15, 0.2) is 42.5 Å². The summed E-state index contributed by atoms with van der Waals surface area (Å²) in [5.41, 5.74) is 1.19. The number of aromatic carboxylic acids is 1. The van der Waals surface area contributed by atoms with E-state index in [-0.39, 0.29) is 24.6 Å². The highest BCUT2D eigenvalue weighted by Crippen LogP contribution is 2.36. The van der Waals surface area contributed by atoms with Gasteiger partial charge in [-0.15, -0.1) is 0 Å². The molecule has 6 heteroatoms. The summed E-state index contributed by atoms with van der Waals surface area (Å²) in [5.74, 6) is -0.985. The number of carbonyl (C=O) groups is 2. The minimum atomic E-state index is -1.10. The lowest BCUT2D eigenvalue weighted by molar-refractivity contribution is -0.121. The van der Waals surface area contributed by atoms with Gasteiger partial charge >= 0.3 is 5.97 Å². The van der Waals surface area contributed by atoms with Crippen LogP contribution in [0, 0.1) is 0 Å². The summed E-state index contributed by atoms with van der Waals surface area (Å²) in [5, 5.41) is 9.94. The summed E-state index contributed by atoms with van der Waals surface area (Å²) in [7, 11) is 0. The monoisotopic (exact) mass is 317 g/mol. The van der Waals surface area contributed by atoms with Crippen LogP contribution >= 0.6 is 11.6 Å². The molecule has 1 N–H and O–H groups in total. The zero-order valence-corrected chi connectivity index (χ0v) is 12.2. The van der Waals surface area contributed by atoms with E-state index in [2.05, 4.69) is 0 Å². The van der Waals surface area contributed by atoms with Crippen LogP contribution in [-0.2, 0) is 11.3 Å². The zero-order valence-electron chi connectivity index (χ0n) is 11.5. The van der Waals surface area contributed by atoms with Crippen LogP contribution in [0.1, 0.15) is 15.9 Å². The number of hydrogen-bond donors (Lipinski definition) is 1. The minimum Gasteiger partial charge on any atom is -0.482 e. The first-order valence-corrected chi connectivity index (χ1v) is 6.98. The Bertz CT molecular complexity index is 742. The maximum Gasteiger partial charge on any atom is 0.337 e. The Kier molecular flexibility index (Phi) is 3.73. The van der Waals surface area contributed by atoms with Gasteiger partial charge in [-0.2, -0.15) is 0 Å². The molecule has 0 atom stereocenters. The van der Waals surface area contributed by atoms with Gasteiger partial charge in [-0.05, 0) is 29.8 Å². The number of ether oxygens (including phenoxy) is 1. The third-order valence-corrected chi connectivity index (χ3v) is 3.66. The van der Waals surface area contributed by atoms with Gasteiger partial charge in [0.25, 0.3) is 5.91 Å². The number of anilines is 1. The molecule has 0 unspecified atom stereocenters. The molecule has 0 saturated heterocycles. The number of amides is 1. The maximum atomic E-state index is 12.2. The Balaban J connectivity index is 2.03. The number of para-hydroxylation sites is 1. The van der Waals surface area contributed by atoms with E-state index < -0.39 is 5.97 Å². The molecule has 0 saturated carbocycles. The molecule has 2 aromatic carbocycles. The van der Waals surface area contributed by atoms with Gasteiger partial charge in [0.15, 0.2) is 6.61 Å². The zero-order chi connectivity index (χ0) is 15.7. The van der Waals surface area contributed by atoms with Crippen molar-refractivity contribution in [2.45, 2.75) is 6.54 Å². The first-order chi connectivity index (χ1) is 10.6. The van der Waals surface area contributed by atoms with Crippen LogP contribution in [0.4, 0.5) is 5.69 Å². The number of halogens is 1. The molecular formula is C16H12ClNO4. The van der Waals surface area contributed by atoms with Crippen molar-refractivity contribution in [2.75, 3.05) is 11.5 Å². The molecule has 1 aliphatic heterocycles. The van der Waals surface area contributed by atoms with Crippen LogP contribution in [0.5, 0.6) is 5.75 Å². The SMILES string of the molecule is O=C(O)c1cccc2c1N(Cc1ccc(Cl)cc1)C(=O)CO2. The first-order valence-electron chi connectivity index (χ1n) is 6.60. The summed E-state index contributed by atoms with van der Waals surface area (Å²) in [6, 6.07) is 11.8. The van der Waals surface area contributed by atoms with Gasteiger partial charge in [0.2, 0.25) is 0 Å². The van der Waals surface area contributed by atoms with Gasteiger partial charge in [-0.1, -0.05) is 29.8 Å². The highest BCUT2D eigenvalue weighted by molar-refractivity contribution is 6.30. The normalized spacial score (nSPS) is 13.5. The lowest BCUT2D eigenvalue weighted by Gasteiger charge is -2.30. The number of hydrogen-bond acceptors (Lipinski definition) is 3. The maximum absolute atomic E-state index is 12.2. The molecule has 1 amide bonds. The third-order valence-electron chi connectivity index (χ3n) is 3.41. The average Bonchev–Trinajstić information content (AvgIpc) is 2.51. The van der Waals surface area contributed by atoms with Gasteiger partial charge in [0.05, 0.1) is 12.1 Å².